The van der Waals surface area contributed by atoms with Crippen molar-refractivity contribution in [2.75, 3.05) is 5.75 Å². The summed E-state index contributed by atoms with van der Waals surface area (Å²) >= 11 is 7.13. The second kappa shape index (κ2) is 5.13. The number of thioether (sulfide) groups is 1. The molecule has 6 nitrogen and oxygen atoms in total. The highest BCUT2D eigenvalue weighted by molar-refractivity contribution is 7.99. The number of hydrogen-bond acceptors (Lipinski definition) is 5. The van der Waals surface area contributed by atoms with Crippen LogP contribution in [0.5, 0.6) is 0 Å². The third-order valence-corrected chi connectivity index (χ3v) is 4.32. The van der Waals surface area contributed by atoms with Gasteiger partial charge in [-0.25, -0.2) is 0 Å². The molecule has 0 bridgehead atoms. The zero-order chi connectivity index (χ0) is 13.3. The Morgan fingerprint density at radius 2 is 2.28 bits per heavy atom. The summed E-state index contributed by atoms with van der Waals surface area (Å²) in [6, 6.07) is 3.89. The SMILES string of the molecule is O=C([O-])[C@H]1CS[C@@H](c2ccc(Cl)c([N+](=O)[O-])c2)[NH2+]1. The van der Waals surface area contributed by atoms with Crippen molar-refractivity contribution >= 4 is 35.0 Å². The number of benzene rings is 1. The first kappa shape index (κ1) is 13.1. The van der Waals surface area contributed by atoms with Crippen molar-refractivity contribution in [1.82, 2.24) is 0 Å². The molecule has 0 aromatic heterocycles. The fourth-order valence-corrected chi connectivity index (χ4v) is 3.22. The van der Waals surface area contributed by atoms with Crippen LogP contribution in [0.4, 0.5) is 5.69 Å². The van der Waals surface area contributed by atoms with Crippen molar-refractivity contribution in [1.29, 1.82) is 0 Å². The molecule has 1 aliphatic rings. The van der Waals surface area contributed by atoms with E-state index >= 15 is 0 Å². The highest BCUT2D eigenvalue weighted by Gasteiger charge is 2.32. The van der Waals surface area contributed by atoms with Gasteiger partial charge in [0.2, 0.25) is 0 Å². The van der Waals surface area contributed by atoms with Crippen molar-refractivity contribution in [2.24, 2.45) is 0 Å². The summed E-state index contributed by atoms with van der Waals surface area (Å²) in [5.41, 5.74) is 0.514. The van der Waals surface area contributed by atoms with Gasteiger partial charge in [-0.1, -0.05) is 29.4 Å². The molecule has 96 valence electrons. The molecule has 1 fully saturated rings. The molecule has 1 saturated heterocycles. The van der Waals surface area contributed by atoms with Crippen LogP contribution in [-0.2, 0) is 4.79 Å². The Labute approximate surface area is 111 Å². The molecule has 8 heteroatoms. The summed E-state index contributed by atoms with van der Waals surface area (Å²) in [5, 5.41) is 23.0. The number of nitrogens with two attached hydrogens (primary N) is 1. The Morgan fingerprint density at radius 1 is 1.56 bits per heavy atom. The van der Waals surface area contributed by atoms with Crippen LogP contribution in [0.15, 0.2) is 18.2 Å². The lowest BCUT2D eigenvalue weighted by Gasteiger charge is -2.11. The third-order valence-electron chi connectivity index (χ3n) is 2.66. The molecule has 2 rings (SSSR count). The van der Waals surface area contributed by atoms with Crippen molar-refractivity contribution < 1.29 is 20.1 Å². The van der Waals surface area contributed by atoms with E-state index < -0.39 is 16.9 Å². The second-order valence-corrected chi connectivity index (χ2v) is 5.42. The summed E-state index contributed by atoms with van der Waals surface area (Å²) in [6.07, 6.45) is 0. The van der Waals surface area contributed by atoms with E-state index in [1.807, 2.05) is 0 Å². The standard InChI is InChI=1S/C10H9ClN2O4S/c11-6-2-1-5(3-8(6)13(16)17)9-12-7(4-18-9)10(14)15/h1-3,7,9,12H,4H2,(H,14,15)/t7-,9+/m1/s1. The summed E-state index contributed by atoms with van der Waals surface area (Å²) in [5.74, 6) is -0.697. The summed E-state index contributed by atoms with van der Waals surface area (Å²) in [4.78, 5) is 20.9. The van der Waals surface area contributed by atoms with Crippen molar-refractivity contribution in [3.63, 3.8) is 0 Å². The Morgan fingerprint density at radius 3 is 2.83 bits per heavy atom. The van der Waals surface area contributed by atoms with Crippen LogP contribution in [0.1, 0.15) is 10.9 Å². The predicted octanol–water partition coefficient (Wildman–Crippen LogP) is -0.325. The number of halogens is 1. The molecule has 1 aliphatic heterocycles. The topological polar surface area (TPSA) is 99.9 Å². The van der Waals surface area contributed by atoms with Gasteiger partial charge in [0.15, 0.2) is 5.37 Å². The van der Waals surface area contributed by atoms with Crippen LogP contribution >= 0.6 is 23.4 Å². The lowest BCUT2D eigenvalue weighted by molar-refractivity contribution is -0.690. The quantitative estimate of drug-likeness (QED) is 0.607. The summed E-state index contributed by atoms with van der Waals surface area (Å²) < 4.78 is 0. The molecule has 2 N–H and O–H groups in total. The van der Waals surface area contributed by atoms with Crippen LogP contribution in [0.2, 0.25) is 5.02 Å². The highest BCUT2D eigenvalue weighted by atomic mass is 35.5. The maximum atomic E-state index is 10.8. The van der Waals surface area contributed by atoms with Gasteiger partial charge in [-0.2, -0.15) is 0 Å². The van der Waals surface area contributed by atoms with Gasteiger partial charge in [0, 0.05) is 11.6 Å². The number of aliphatic carboxylic acids is 1. The number of nitro benzene ring substituents is 1. The van der Waals surface area contributed by atoms with Crippen LogP contribution in [0.25, 0.3) is 0 Å². The summed E-state index contributed by atoms with van der Waals surface area (Å²) in [7, 11) is 0. The minimum Gasteiger partial charge on any atom is -0.544 e. The molecular weight excluding hydrogens is 280 g/mol. The highest BCUT2D eigenvalue weighted by Crippen LogP contribution is 2.32. The van der Waals surface area contributed by atoms with Crippen LogP contribution in [-0.4, -0.2) is 22.7 Å². The average molecular weight is 289 g/mol. The maximum absolute atomic E-state index is 10.8. The summed E-state index contributed by atoms with van der Waals surface area (Å²) in [6.45, 7) is 0. The van der Waals surface area contributed by atoms with E-state index in [0.717, 1.165) is 0 Å². The minimum absolute atomic E-state index is 0.0724. The molecule has 1 heterocycles. The smallest absolute Gasteiger partial charge is 0.288 e. The van der Waals surface area contributed by atoms with E-state index in [1.165, 1.54) is 23.9 Å². The fraction of sp³-hybridized carbons (Fsp3) is 0.300. The molecule has 18 heavy (non-hydrogen) atoms. The van der Waals surface area contributed by atoms with Crippen LogP contribution in [0.3, 0.4) is 0 Å². The number of carboxylic acid groups (broad SMARTS) is 1. The van der Waals surface area contributed by atoms with E-state index in [2.05, 4.69) is 0 Å². The van der Waals surface area contributed by atoms with Crippen LogP contribution in [0, 0.1) is 10.1 Å². The number of rotatable bonds is 3. The predicted molar refractivity (Wildman–Crippen MR) is 64.0 cm³/mol. The van der Waals surface area contributed by atoms with Gasteiger partial charge in [-0.3, -0.25) is 10.1 Å². The largest absolute Gasteiger partial charge is 0.544 e. The Hall–Kier alpha value is -1.31. The Kier molecular flexibility index (Phi) is 3.74. The lowest BCUT2D eigenvalue weighted by Crippen LogP contribution is -2.90. The Bertz CT molecular complexity index is 511. The second-order valence-electron chi connectivity index (χ2n) is 3.84. The number of hydrogen-bond donors (Lipinski definition) is 1. The van der Waals surface area contributed by atoms with E-state index in [4.69, 9.17) is 11.6 Å². The number of carbonyl (C=O) groups excluding carboxylic acids is 1. The monoisotopic (exact) mass is 288 g/mol. The van der Waals surface area contributed by atoms with Crippen LogP contribution < -0.4 is 10.4 Å². The molecule has 0 spiro atoms. The molecule has 0 amide bonds. The lowest BCUT2D eigenvalue weighted by atomic mass is 10.2. The van der Waals surface area contributed by atoms with Gasteiger partial charge < -0.3 is 15.2 Å². The molecule has 0 saturated carbocycles. The number of carbonyl (C=O) groups is 1. The first-order valence-electron chi connectivity index (χ1n) is 5.10. The molecule has 1 aromatic rings. The number of carboxylic acids is 1. The normalized spacial score (nSPS) is 22.9. The van der Waals surface area contributed by atoms with Gasteiger partial charge in [-0.05, 0) is 6.07 Å². The maximum Gasteiger partial charge on any atom is 0.288 e. The van der Waals surface area contributed by atoms with Crippen molar-refractivity contribution in [2.45, 2.75) is 11.4 Å². The van der Waals surface area contributed by atoms with Crippen molar-refractivity contribution in [3.05, 3.63) is 38.9 Å². The molecule has 0 unspecified atom stereocenters. The zero-order valence-corrected chi connectivity index (χ0v) is 10.6. The van der Waals surface area contributed by atoms with Gasteiger partial charge in [0.1, 0.15) is 17.0 Å². The van der Waals surface area contributed by atoms with Gasteiger partial charge >= 0.3 is 0 Å². The number of nitrogens with zero attached hydrogens (tertiary/aromatic N) is 1. The first-order valence-corrected chi connectivity index (χ1v) is 6.53. The number of nitro groups is 1. The molecule has 0 aliphatic carbocycles. The number of quaternary nitrogens is 1. The van der Waals surface area contributed by atoms with E-state index in [1.54, 1.807) is 11.4 Å². The Balaban J connectivity index is 2.22. The molecule has 2 atom stereocenters. The van der Waals surface area contributed by atoms with Gasteiger partial charge in [-0.15, -0.1) is 0 Å². The minimum atomic E-state index is -1.12. The van der Waals surface area contributed by atoms with Gasteiger partial charge in [0.25, 0.3) is 5.69 Å². The van der Waals surface area contributed by atoms with Crippen molar-refractivity contribution in [3.8, 4) is 0 Å². The van der Waals surface area contributed by atoms with E-state index in [-0.39, 0.29) is 16.1 Å². The average Bonchev–Trinajstić information content (AvgIpc) is 2.78. The molecular formula is C10H9ClN2O4S. The van der Waals surface area contributed by atoms with Gasteiger partial charge in [0.05, 0.1) is 10.7 Å². The van der Waals surface area contributed by atoms with E-state index in [0.29, 0.717) is 11.3 Å². The molecule has 0 radical (unpaired) electrons. The van der Waals surface area contributed by atoms with E-state index in [9.17, 15) is 20.0 Å². The molecule has 1 aromatic carbocycles. The third kappa shape index (κ3) is 2.58. The first-order chi connectivity index (χ1) is 8.49. The fourth-order valence-electron chi connectivity index (χ4n) is 1.73. The zero-order valence-electron chi connectivity index (χ0n) is 9.04.